The third kappa shape index (κ3) is 1.37. The summed E-state index contributed by atoms with van der Waals surface area (Å²) in [7, 11) is 0. The number of aromatic nitrogens is 1. The van der Waals surface area contributed by atoms with Gasteiger partial charge in [-0.25, -0.2) is 0 Å². The number of aryl methyl sites for hydroxylation is 1. The Kier molecular flexibility index (Phi) is 1.89. The van der Waals surface area contributed by atoms with Gasteiger partial charge < -0.3 is 5.11 Å². The van der Waals surface area contributed by atoms with E-state index in [0.717, 1.165) is 0 Å². The lowest BCUT2D eigenvalue weighted by atomic mass is 10.1. The van der Waals surface area contributed by atoms with Crippen molar-refractivity contribution in [2.45, 2.75) is 13.8 Å². The SMILES string of the molecule is CC(=O)c1ccnc(C)c1O. The normalized spacial score (nSPS) is 9.64. The lowest BCUT2D eigenvalue weighted by Gasteiger charge is -2.00. The summed E-state index contributed by atoms with van der Waals surface area (Å²) in [5.74, 6) is -0.159. The second-order valence-electron chi connectivity index (χ2n) is 2.35. The van der Waals surface area contributed by atoms with Crippen molar-refractivity contribution in [1.82, 2.24) is 4.98 Å². The second-order valence-corrected chi connectivity index (χ2v) is 2.35. The Hall–Kier alpha value is -1.38. The monoisotopic (exact) mass is 151 g/mol. The molecule has 1 heterocycles. The van der Waals surface area contributed by atoms with E-state index in [0.29, 0.717) is 11.3 Å². The van der Waals surface area contributed by atoms with E-state index in [2.05, 4.69) is 4.98 Å². The topological polar surface area (TPSA) is 50.2 Å². The molecule has 3 heteroatoms. The number of aromatic hydroxyl groups is 1. The molecule has 0 aliphatic heterocycles. The van der Waals surface area contributed by atoms with E-state index < -0.39 is 0 Å². The van der Waals surface area contributed by atoms with Crippen molar-refractivity contribution < 1.29 is 9.90 Å². The van der Waals surface area contributed by atoms with Gasteiger partial charge in [0.05, 0.1) is 11.3 Å². The summed E-state index contributed by atoms with van der Waals surface area (Å²) >= 11 is 0. The Morgan fingerprint density at radius 3 is 2.73 bits per heavy atom. The molecule has 0 spiro atoms. The van der Waals surface area contributed by atoms with E-state index in [-0.39, 0.29) is 11.5 Å². The van der Waals surface area contributed by atoms with Crippen molar-refractivity contribution in [3.63, 3.8) is 0 Å². The molecule has 3 nitrogen and oxygen atoms in total. The molecule has 1 rings (SSSR count). The molecule has 1 aromatic rings. The van der Waals surface area contributed by atoms with Crippen molar-refractivity contribution in [2.24, 2.45) is 0 Å². The average molecular weight is 151 g/mol. The predicted molar refractivity (Wildman–Crippen MR) is 40.6 cm³/mol. The molecule has 0 aliphatic rings. The van der Waals surface area contributed by atoms with Gasteiger partial charge in [0.2, 0.25) is 0 Å². The minimum absolute atomic E-state index is 0.0139. The molecule has 1 N–H and O–H groups in total. The molecule has 11 heavy (non-hydrogen) atoms. The third-order valence-corrected chi connectivity index (χ3v) is 1.49. The van der Waals surface area contributed by atoms with E-state index in [1.807, 2.05) is 0 Å². The molecule has 0 saturated carbocycles. The highest BCUT2D eigenvalue weighted by molar-refractivity contribution is 5.96. The summed E-state index contributed by atoms with van der Waals surface area (Å²) in [6.45, 7) is 3.07. The summed E-state index contributed by atoms with van der Waals surface area (Å²) in [5.41, 5.74) is 0.815. The lowest BCUT2D eigenvalue weighted by Crippen LogP contribution is -1.95. The van der Waals surface area contributed by atoms with Gasteiger partial charge in [-0.2, -0.15) is 0 Å². The van der Waals surface area contributed by atoms with Crippen LogP contribution in [-0.2, 0) is 0 Å². The Morgan fingerprint density at radius 1 is 1.64 bits per heavy atom. The predicted octanol–water partition coefficient (Wildman–Crippen LogP) is 1.30. The number of carbonyl (C=O) groups is 1. The van der Waals surface area contributed by atoms with E-state index in [4.69, 9.17) is 0 Å². The van der Waals surface area contributed by atoms with Crippen LogP contribution in [0.3, 0.4) is 0 Å². The number of carbonyl (C=O) groups excluding carboxylic acids is 1. The van der Waals surface area contributed by atoms with Crippen molar-refractivity contribution >= 4 is 5.78 Å². The van der Waals surface area contributed by atoms with Crippen LogP contribution in [0.25, 0.3) is 0 Å². The zero-order valence-electron chi connectivity index (χ0n) is 6.46. The van der Waals surface area contributed by atoms with Crippen molar-refractivity contribution in [1.29, 1.82) is 0 Å². The Balaban J connectivity index is 3.27. The molecular weight excluding hydrogens is 142 g/mol. The second kappa shape index (κ2) is 2.70. The molecule has 0 saturated heterocycles. The molecule has 1 aromatic heterocycles. The first-order valence-corrected chi connectivity index (χ1v) is 3.28. The minimum Gasteiger partial charge on any atom is -0.505 e. The maximum Gasteiger partial charge on any atom is 0.163 e. The molecule has 0 bridgehead atoms. The van der Waals surface area contributed by atoms with Gasteiger partial charge in [0, 0.05) is 6.20 Å². The first-order chi connectivity index (χ1) is 5.13. The highest BCUT2D eigenvalue weighted by Crippen LogP contribution is 2.18. The fourth-order valence-electron chi connectivity index (χ4n) is 0.843. The Bertz CT molecular complexity index is 294. The van der Waals surface area contributed by atoms with Crippen molar-refractivity contribution in [2.75, 3.05) is 0 Å². The largest absolute Gasteiger partial charge is 0.505 e. The number of hydrogen-bond donors (Lipinski definition) is 1. The van der Waals surface area contributed by atoms with Gasteiger partial charge in [0.1, 0.15) is 5.75 Å². The van der Waals surface area contributed by atoms with Gasteiger partial charge in [-0.15, -0.1) is 0 Å². The smallest absolute Gasteiger partial charge is 0.163 e. The zero-order valence-corrected chi connectivity index (χ0v) is 6.46. The first kappa shape index (κ1) is 7.72. The molecule has 0 amide bonds. The number of Topliss-reactive ketones (excluding diaryl/α,β-unsaturated/α-hetero) is 1. The average Bonchev–Trinajstić information content (AvgIpc) is 1.94. The number of pyridine rings is 1. The summed E-state index contributed by atoms with van der Waals surface area (Å²) < 4.78 is 0. The number of rotatable bonds is 1. The third-order valence-electron chi connectivity index (χ3n) is 1.49. The molecule has 0 aromatic carbocycles. The maximum absolute atomic E-state index is 10.8. The number of nitrogens with zero attached hydrogens (tertiary/aromatic N) is 1. The summed E-state index contributed by atoms with van der Waals surface area (Å²) in [5, 5.41) is 9.28. The standard InChI is InChI=1S/C8H9NO2/c1-5-8(11)7(6(2)10)3-4-9-5/h3-4,11H,1-2H3. The van der Waals surface area contributed by atoms with Crippen molar-refractivity contribution in [3.05, 3.63) is 23.5 Å². The molecule has 0 fully saturated rings. The van der Waals surface area contributed by atoms with Gasteiger partial charge in [0.15, 0.2) is 5.78 Å². The van der Waals surface area contributed by atoms with Crippen LogP contribution in [0.15, 0.2) is 12.3 Å². The lowest BCUT2D eigenvalue weighted by molar-refractivity contribution is 0.101. The highest BCUT2D eigenvalue weighted by Gasteiger charge is 2.07. The number of ketones is 1. The van der Waals surface area contributed by atoms with E-state index in [1.54, 1.807) is 6.92 Å². The van der Waals surface area contributed by atoms with Gasteiger partial charge in [0.25, 0.3) is 0 Å². The van der Waals surface area contributed by atoms with Crippen LogP contribution < -0.4 is 0 Å². The van der Waals surface area contributed by atoms with Gasteiger partial charge in [-0.05, 0) is 19.9 Å². The zero-order chi connectivity index (χ0) is 8.43. The minimum atomic E-state index is -0.145. The van der Waals surface area contributed by atoms with E-state index in [1.165, 1.54) is 19.2 Å². The quantitative estimate of drug-likeness (QED) is 0.615. The molecule has 0 radical (unpaired) electrons. The summed E-state index contributed by atoms with van der Waals surface area (Å²) in [4.78, 5) is 14.7. The molecule has 58 valence electrons. The molecular formula is C8H9NO2. The Morgan fingerprint density at radius 2 is 2.27 bits per heavy atom. The first-order valence-electron chi connectivity index (χ1n) is 3.28. The van der Waals surface area contributed by atoms with Crippen LogP contribution in [0, 0.1) is 6.92 Å². The van der Waals surface area contributed by atoms with Crippen LogP contribution in [0.5, 0.6) is 5.75 Å². The highest BCUT2D eigenvalue weighted by atomic mass is 16.3. The summed E-state index contributed by atoms with van der Waals surface area (Å²) in [6.07, 6.45) is 1.51. The van der Waals surface area contributed by atoms with Gasteiger partial charge in [-0.3, -0.25) is 9.78 Å². The van der Waals surface area contributed by atoms with Crippen LogP contribution >= 0.6 is 0 Å². The maximum atomic E-state index is 10.8. The van der Waals surface area contributed by atoms with Crippen LogP contribution in [0.1, 0.15) is 23.0 Å². The summed E-state index contributed by atoms with van der Waals surface area (Å²) in [6, 6.07) is 1.50. The fourth-order valence-corrected chi connectivity index (χ4v) is 0.843. The Labute approximate surface area is 64.7 Å². The van der Waals surface area contributed by atoms with E-state index >= 15 is 0 Å². The van der Waals surface area contributed by atoms with Gasteiger partial charge in [-0.1, -0.05) is 0 Å². The van der Waals surface area contributed by atoms with Crippen LogP contribution in [0.2, 0.25) is 0 Å². The van der Waals surface area contributed by atoms with Crippen molar-refractivity contribution in [3.8, 4) is 5.75 Å². The van der Waals surface area contributed by atoms with Gasteiger partial charge >= 0.3 is 0 Å². The van der Waals surface area contributed by atoms with E-state index in [9.17, 15) is 9.90 Å². The molecule has 0 atom stereocenters. The fraction of sp³-hybridized carbons (Fsp3) is 0.250. The molecule has 0 aliphatic carbocycles. The van der Waals surface area contributed by atoms with Crippen LogP contribution in [0.4, 0.5) is 0 Å². The van der Waals surface area contributed by atoms with Crippen LogP contribution in [-0.4, -0.2) is 15.9 Å². The number of hydrogen-bond acceptors (Lipinski definition) is 3. The molecule has 0 unspecified atom stereocenters.